The summed E-state index contributed by atoms with van der Waals surface area (Å²) in [4.78, 5) is 1.41. The van der Waals surface area contributed by atoms with E-state index in [1.807, 2.05) is 0 Å². The highest BCUT2D eigenvalue weighted by Gasteiger charge is 2.43. The number of hydrogen-bond donors (Lipinski definition) is 2. The molecule has 0 spiro atoms. The molecule has 8 heteroatoms. The average Bonchev–Trinajstić information content (AvgIpc) is 2.36. The van der Waals surface area contributed by atoms with Crippen molar-refractivity contribution in [3.63, 3.8) is 0 Å². The van der Waals surface area contributed by atoms with Crippen molar-refractivity contribution in [2.24, 2.45) is 16.8 Å². The summed E-state index contributed by atoms with van der Waals surface area (Å²) in [5.41, 5.74) is 5.81. The highest BCUT2D eigenvalue weighted by Crippen LogP contribution is 2.27. The Morgan fingerprint density at radius 3 is 2.55 bits per heavy atom. The Kier molecular flexibility index (Phi) is 5.64. The van der Waals surface area contributed by atoms with E-state index in [-0.39, 0.29) is 6.54 Å². The fraction of sp³-hybridized carbons (Fsp3) is 0.417. The first-order valence-corrected chi connectivity index (χ1v) is 6.09. The number of halogens is 4. The molecule has 0 aliphatic rings. The van der Waals surface area contributed by atoms with Crippen LogP contribution in [0.4, 0.5) is 13.2 Å². The van der Waals surface area contributed by atoms with Gasteiger partial charge in [0.2, 0.25) is 0 Å². The molecule has 0 aromatic heterocycles. The standard InChI is InChI=1S/C12H15ClF3N3O/c1-19(6-8-4-2-3-5-10(8)13)7-9(11(17)18-20)12(14,15)16/h2-5,9,20H,6-7H2,1H3,(H2,17,18). The van der Waals surface area contributed by atoms with Crippen molar-refractivity contribution < 1.29 is 18.4 Å². The number of oxime groups is 1. The van der Waals surface area contributed by atoms with Gasteiger partial charge in [-0.3, -0.25) is 0 Å². The summed E-state index contributed by atoms with van der Waals surface area (Å²) in [6.07, 6.45) is -4.58. The Morgan fingerprint density at radius 1 is 1.45 bits per heavy atom. The van der Waals surface area contributed by atoms with Crippen LogP contribution in [0.2, 0.25) is 5.02 Å². The Labute approximate surface area is 119 Å². The first-order valence-electron chi connectivity index (χ1n) is 5.71. The predicted octanol–water partition coefficient (Wildman–Crippen LogP) is 2.70. The molecule has 0 saturated carbocycles. The summed E-state index contributed by atoms with van der Waals surface area (Å²) in [6.45, 7) is -0.199. The topological polar surface area (TPSA) is 61.8 Å². The maximum Gasteiger partial charge on any atom is 0.400 e. The van der Waals surface area contributed by atoms with Crippen LogP contribution in [0.1, 0.15) is 5.56 Å². The van der Waals surface area contributed by atoms with E-state index in [0.29, 0.717) is 10.6 Å². The van der Waals surface area contributed by atoms with Gasteiger partial charge >= 0.3 is 6.18 Å². The number of nitrogens with zero attached hydrogens (tertiary/aromatic N) is 2. The molecule has 0 bridgehead atoms. The van der Waals surface area contributed by atoms with E-state index in [0.717, 1.165) is 0 Å². The fourth-order valence-electron chi connectivity index (χ4n) is 1.73. The number of alkyl halides is 3. The van der Waals surface area contributed by atoms with Gasteiger partial charge in [-0.25, -0.2) is 0 Å². The van der Waals surface area contributed by atoms with Gasteiger partial charge in [0.25, 0.3) is 0 Å². The zero-order valence-electron chi connectivity index (χ0n) is 10.7. The highest BCUT2D eigenvalue weighted by molar-refractivity contribution is 6.31. The third kappa shape index (κ3) is 4.57. The Morgan fingerprint density at radius 2 is 2.05 bits per heavy atom. The predicted molar refractivity (Wildman–Crippen MR) is 70.7 cm³/mol. The summed E-state index contributed by atoms with van der Waals surface area (Å²) in [7, 11) is 1.51. The molecule has 0 heterocycles. The van der Waals surface area contributed by atoms with E-state index in [1.54, 1.807) is 24.3 Å². The second-order valence-corrected chi connectivity index (χ2v) is 4.81. The molecule has 112 valence electrons. The minimum Gasteiger partial charge on any atom is -0.409 e. The van der Waals surface area contributed by atoms with E-state index < -0.39 is 24.5 Å². The van der Waals surface area contributed by atoms with Gasteiger partial charge in [0.1, 0.15) is 5.92 Å². The SMILES string of the molecule is CN(Cc1ccccc1Cl)CC(/C(N)=N/O)C(F)(F)F. The van der Waals surface area contributed by atoms with Gasteiger partial charge in [-0.2, -0.15) is 13.2 Å². The summed E-state index contributed by atoms with van der Waals surface area (Å²) in [5.74, 6) is -2.89. The second kappa shape index (κ2) is 6.81. The highest BCUT2D eigenvalue weighted by atomic mass is 35.5. The normalized spacial score (nSPS) is 14.6. The summed E-state index contributed by atoms with van der Waals surface area (Å²) in [5, 5.41) is 11.4. The molecule has 0 aliphatic heterocycles. The molecular weight excluding hydrogens is 295 g/mol. The summed E-state index contributed by atoms with van der Waals surface area (Å²) in [6, 6.07) is 6.88. The van der Waals surface area contributed by atoms with Crippen molar-refractivity contribution in [2.75, 3.05) is 13.6 Å². The van der Waals surface area contributed by atoms with Crippen molar-refractivity contribution in [3.8, 4) is 0 Å². The van der Waals surface area contributed by atoms with E-state index in [1.165, 1.54) is 11.9 Å². The Balaban J connectivity index is 2.77. The first-order chi connectivity index (χ1) is 9.25. The minimum absolute atomic E-state index is 0.227. The van der Waals surface area contributed by atoms with Crippen LogP contribution >= 0.6 is 11.6 Å². The number of amidine groups is 1. The summed E-state index contributed by atoms with van der Waals surface area (Å²) >= 11 is 5.95. The van der Waals surface area contributed by atoms with Gasteiger partial charge in [-0.15, -0.1) is 0 Å². The lowest BCUT2D eigenvalue weighted by Gasteiger charge is -2.25. The smallest absolute Gasteiger partial charge is 0.400 e. The average molecular weight is 310 g/mol. The third-order valence-corrected chi connectivity index (χ3v) is 3.13. The lowest BCUT2D eigenvalue weighted by Crippen LogP contribution is -2.43. The molecule has 3 N–H and O–H groups in total. The zero-order valence-corrected chi connectivity index (χ0v) is 11.5. The number of nitrogens with two attached hydrogens (primary N) is 1. The van der Waals surface area contributed by atoms with Gasteiger partial charge in [0.15, 0.2) is 5.84 Å². The van der Waals surface area contributed by atoms with E-state index >= 15 is 0 Å². The van der Waals surface area contributed by atoms with Crippen molar-refractivity contribution in [3.05, 3.63) is 34.9 Å². The molecule has 0 radical (unpaired) electrons. The van der Waals surface area contributed by atoms with Crippen LogP contribution in [0.25, 0.3) is 0 Å². The zero-order chi connectivity index (χ0) is 15.3. The molecule has 1 atom stereocenters. The van der Waals surface area contributed by atoms with Crippen molar-refractivity contribution in [2.45, 2.75) is 12.7 Å². The molecule has 4 nitrogen and oxygen atoms in total. The van der Waals surface area contributed by atoms with Gasteiger partial charge in [0.05, 0.1) is 0 Å². The van der Waals surface area contributed by atoms with Crippen molar-refractivity contribution >= 4 is 17.4 Å². The lowest BCUT2D eigenvalue weighted by atomic mass is 10.1. The first kappa shape index (κ1) is 16.6. The molecule has 1 rings (SSSR count). The minimum atomic E-state index is -4.58. The van der Waals surface area contributed by atoms with Crippen molar-refractivity contribution in [1.29, 1.82) is 0 Å². The largest absolute Gasteiger partial charge is 0.409 e. The Bertz CT molecular complexity index is 479. The van der Waals surface area contributed by atoms with Gasteiger partial charge in [-0.1, -0.05) is 35.0 Å². The molecule has 0 saturated heterocycles. The van der Waals surface area contributed by atoms with Crippen LogP contribution in [0, 0.1) is 5.92 Å². The van der Waals surface area contributed by atoms with E-state index in [9.17, 15) is 13.2 Å². The molecule has 1 aromatic rings. The quantitative estimate of drug-likeness (QED) is 0.380. The van der Waals surface area contributed by atoms with E-state index in [2.05, 4.69) is 5.16 Å². The fourth-order valence-corrected chi connectivity index (χ4v) is 1.92. The number of rotatable bonds is 5. The monoisotopic (exact) mass is 309 g/mol. The third-order valence-electron chi connectivity index (χ3n) is 2.76. The molecule has 0 fully saturated rings. The van der Waals surface area contributed by atoms with Crippen molar-refractivity contribution in [1.82, 2.24) is 4.90 Å². The maximum absolute atomic E-state index is 12.8. The molecule has 1 unspecified atom stereocenters. The van der Waals surface area contributed by atoms with Crippen LogP contribution in [0.15, 0.2) is 29.4 Å². The van der Waals surface area contributed by atoms with Crippen LogP contribution in [0.5, 0.6) is 0 Å². The van der Waals surface area contributed by atoms with Crippen LogP contribution in [-0.2, 0) is 6.54 Å². The molecule has 20 heavy (non-hydrogen) atoms. The second-order valence-electron chi connectivity index (χ2n) is 4.41. The van der Waals surface area contributed by atoms with E-state index in [4.69, 9.17) is 22.5 Å². The van der Waals surface area contributed by atoms with Gasteiger partial charge in [-0.05, 0) is 18.7 Å². The Hall–Kier alpha value is -1.47. The molecule has 0 amide bonds. The van der Waals surface area contributed by atoms with Gasteiger partial charge < -0.3 is 15.8 Å². The maximum atomic E-state index is 12.8. The lowest BCUT2D eigenvalue weighted by molar-refractivity contribution is -0.159. The van der Waals surface area contributed by atoms with Crippen LogP contribution in [-0.4, -0.2) is 35.7 Å². The molecular formula is C12H15ClF3N3O. The summed E-state index contributed by atoms with van der Waals surface area (Å²) < 4.78 is 38.4. The number of benzene rings is 1. The van der Waals surface area contributed by atoms with Gasteiger partial charge in [0, 0.05) is 18.1 Å². The molecule has 0 aliphatic carbocycles. The number of hydrogen-bond acceptors (Lipinski definition) is 3. The van der Waals surface area contributed by atoms with Crippen LogP contribution < -0.4 is 5.73 Å². The molecule has 1 aromatic carbocycles. The van der Waals surface area contributed by atoms with Crippen LogP contribution in [0.3, 0.4) is 0 Å².